The van der Waals surface area contributed by atoms with E-state index in [1.807, 2.05) is 60.7 Å². The van der Waals surface area contributed by atoms with E-state index in [2.05, 4.69) is 15.4 Å². The van der Waals surface area contributed by atoms with Crippen molar-refractivity contribution in [2.75, 3.05) is 7.11 Å². The largest absolute Gasteiger partial charge is 0.467 e. The maximum atomic E-state index is 13.0. The monoisotopic (exact) mass is 390 g/mol. The van der Waals surface area contributed by atoms with E-state index in [4.69, 9.17) is 4.74 Å². The molecular weight excluding hydrogens is 368 g/mol. The lowest BCUT2D eigenvalue weighted by Crippen LogP contribution is -2.53. The lowest BCUT2D eigenvalue weighted by Gasteiger charge is -2.26. The van der Waals surface area contributed by atoms with Crippen LogP contribution in [0.2, 0.25) is 0 Å². The van der Waals surface area contributed by atoms with Crippen molar-refractivity contribution in [1.29, 1.82) is 0 Å². The summed E-state index contributed by atoms with van der Waals surface area (Å²) in [5.74, 6) is -0.332. The van der Waals surface area contributed by atoms with Gasteiger partial charge in [-0.1, -0.05) is 61.4 Å². The van der Waals surface area contributed by atoms with Gasteiger partial charge >= 0.3 is 5.97 Å². The highest BCUT2D eigenvalue weighted by Gasteiger charge is 2.44. The van der Waals surface area contributed by atoms with Gasteiger partial charge in [-0.15, -0.1) is 5.10 Å². The van der Waals surface area contributed by atoms with E-state index in [9.17, 15) is 9.59 Å². The fourth-order valence-corrected chi connectivity index (χ4v) is 3.76. The average molecular weight is 390 g/mol. The Balaban J connectivity index is 1.72. The number of hydrogen-bond donors (Lipinski definition) is 1. The van der Waals surface area contributed by atoms with Gasteiger partial charge in [0.1, 0.15) is 5.54 Å². The first-order chi connectivity index (χ1) is 14.1. The van der Waals surface area contributed by atoms with Gasteiger partial charge in [-0.25, -0.2) is 14.5 Å². The molecule has 0 saturated heterocycles. The highest BCUT2D eigenvalue weighted by molar-refractivity contribution is 5.96. The molecule has 1 aliphatic rings. The molecule has 7 heteroatoms. The summed E-state index contributed by atoms with van der Waals surface area (Å²) in [5.41, 5.74) is 0.629. The molecule has 3 aromatic rings. The summed E-state index contributed by atoms with van der Waals surface area (Å²) in [6.45, 7) is 0. The lowest BCUT2D eigenvalue weighted by molar-refractivity contribution is -0.148. The Kier molecular flexibility index (Phi) is 5.12. The summed E-state index contributed by atoms with van der Waals surface area (Å²) in [6, 6.07) is 19.1. The molecule has 0 spiro atoms. The smallest absolute Gasteiger partial charge is 0.331 e. The van der Waals surface area contributed by atoms with E-state index in [-0.39, 0.29) is 5.82 Å². The first kappa shape index (κ1) is 18.9. The average Bonchev–Trinajstić information content (AvgIpc) is 3.43. The third kappa shape index (κ3) is 3.63. The number of nitrogens with zero attached hydrogens (tertiary/aromatic N) is 3. The van der Waals surface area contributed by atoms with Gasteiger partial charge in [0.15, 0.2) is 5.82 Å². The van der Waals surface area contributed by atoms with Crippen LogP contribution in [0.5, 0.6) is 0 Å². The number of carbonyl (C=O) groups is 2. The number of hydrogen-bond acceptors (Lipinski definition) is 5. The van der Waals surface area contributed by atoms with Crippen LogP contribution in [-0.4, -0.2) is 39.3 Å². The SMILES string of the molecule is COC(=O)C1(NC(=O)c2nc(-c3ccccc3)n(-c3ccccc3)n2)CCCC1. The van der Waals surface area contributed by atoms with Crippen molar-refractivity contribution >= 4 is 11.9 Å². The van der Waals surface area contributed by atoms with Crippen molar-refractivity contribution in [2.24, 2.45) is 0 Å². The second kappa shape index (κ2) is 7.87. The van der Waals surface area contributed by atoms with Gasteiger partial charge in [-0.2, -0.15) is 0 Å². The highest BCUT2D eigenvalue weighted by atomic mass is 16.5. The molecule has 0 atom stereocenters. The molecule has 1 amide bonds. The number of esters is 1. The molecule has 2 aromatic carbocycles. The molecule has 1 fully saturated rings. The molecule has 0 radical (unpaired) electrons. The molecule has 1 aliphatic carbocycles. The number of methoxy groups -OCH3 is 1. The van der Waals surface area contributed by atoms with Crippen molar-refractivity contribution in [1.82, 2.24) is 20.1 Å². The lowest BCUT2D eigenvalue weighted by atomic mass is 9.97. The number of carbonyl (C=O) groups excluding carboxylic acids is 2. The van der Waals surface area contributed by atoms with E-state index >= 15 is 0 Å². The third-order valence-corrected chi connectivity index (χ3v) is 5.23. The topological polar surface area (TPSA) is 86.1 Å². The summed E-state index contributed by atoms with van der Waals surface area (Å²) in [7, 11) is 1.34. The number of ether oxygens (including phenoxy) is 1. The minimum Gasteiger partial charge on any atom is -0.467 e. The van der Waals surface area contributed by atoms with Crippen LogP contribution in [-0.2, 0) is 9.53 Å². The Morgan fingerprint density at radius 1 is 1.00 bits per heavy atom. The summed E-state index contributed by atoms with van der Waals surface area (Å²) < 4.78 is 6.58. The number of rotatable bonds is 5. The maximum Gasteiger partial charge on any atom is 0.331 e. The number of amides is 1. The third-order valence-electron chi connectivity index (χ3n) is 5.23. The Bertz CT molecular complexity index is 952. The zero-order valence-electron chi connectivity index (χ0n) is 16.2. The molecule has 1 aromatic heterocycles. The van der Waals surface area contributed by atoms with Crippen molar-refractivity contribution in [3.05, 3.63) is 66.5 Å². The van der Waals surface area contributed by atoms with Crippen LogP contribution in [0.1, 0.15) is 36.3 Å². The van der Waals surface area contributed by atoms with Crippen molar-refractivity contribution < 1.29 is 14.3 Å². The molecule has 0 bridgehead atoms. The van der Waals surface area contributed by atoms with E-state index < -0.39 is 17.4 Å². The van der Waals surface area contributed by atoms with Gasteiger partial charge in [0.2, 0.25) is 5.82 Å². The first-order valence-corrected chi connectivity index (χ1v) is 9.62. The zero-order valence-corrected chi connectivity index (χ0v) is 16.2. The Hall–Kier alpha value is -3.48. The molecule has 148 valence electrons. The number of aromatic nitrogens is 3. The number of para-hydroxylation sites is 1. The van der Waals surface area contributed by atoms with E-state index in [1.165, 1.54) is 7.11 Å². The highest BCUT2D eigenvalue weighted by Crippen LogP contribution is 2.31. The molecule has 1 heterocycles. The molecule has 0 unspecified atom stereocenters. The molecular formula is C22H22N4O3. The maximum absolute atomic E-state index is 13.0. The predicted molar refractivity (Wildman–Crippen MR) is 107 cm³/mol. The van der Waals surface area contributed by atoms with Gasteiger partial charge < -0.3 is 10.1 Å². The summed E-state index contributed by atoms with van der Waals surface area (Å²) >= 11 is 0. The van der Waals surface area contributed by atoms with Crippen LogP contribution >= 0.6 is 0 Å². The van der Waals surface area contributed by atoms with Crippen LogP contribution in [0.3, 0.4) is 0 Å². The zero-order chi connectivity index (χ0) is 20.3. The van der Waals surface area contributed by atoms with Gasteiger partial charge in [0.05, 0.1) is 12.8 Å². The van der Waals surface area contributed by atoms with Crippen molar-refractivity contribution in [2.45, 2.75) is 31.2 Å². The fraction of sp³-hybridized carbons (Fsp3) is 0.273. The van der Waals surface area contributed by atoms with Crippen molar-refractivity contribution in [3.8, 4) is 17.1 Å². The normalized spacial score (nSPS) is 15.1. The summed E-state index contributed by atoms with van der Waals surface area (Å²) in [5, 5.41) is 7.31. The van der Waals surface area contributed by atoms with Crippen LogP contribution in [0.15, 0.2) is 60.7 Å². The molecule has 1 saturated carbocycles. The summed E-state index contributed by atoms with van der Waals surface area (Å²) in [6.07, 6.45) is 2.82. The van der Waals surface area contributed by atoms with Crippen LogP contribution < -0.4 is 5.32 Å². The van der Waals surface area contributed by atoms with Crippen LogP contribution in [0, 0.1) is 0 Å². The second-order valence-corrected chi connectivity index (χ2v) is 7.11. The standard InChI is InChI=1S/C22H22N4O3/c1-29-21(28)22(14-8-9-15-22)24-20(27)18-23-19(16-10-4-2-5-11-16)26(25-18)17-12-6-3-7-13-17/h2-7,10-13H,8-9,14-15H2,1H3,(H,24,27). The van der Waals surface area contributed by atoms with Crippen LogP contribution in [0.4, 0.5) is 0 Å². The van der Waals surface area contributed by atoms with Crippen LogP contribution in [0.25, 0.3) is 17.1 Å². The predicted octanol–water partition coefficient (Wildman–Crippen LogP) is 3.15. The Labute approximate surface area is 168 Å². The molecule has 7 nitrogen and oxygen atoms in total. The number of nitrogens with one attached hydrogen (secondary N) is 1. The van der Waals surface area contributed by atoms with E-state index in [1.54, 1.807) is 4.68 Å². The fourth-order valence-electron chi connectivity index (χ4n) is 3.76. The second-order valence-electron chi connectivity index (χ2n) is 7.11. The molecule has 0 aliphatic heterocycles. The van der Waals surface area contributed by atoms with Crippen molar-refractivity contribution in [3.63, 3.8) is 0 Å². The quantitative estimate of drug-likeness (QED) is 0.677. The first-order valence-electron chi connectivity index (χ1n) is 9.62. The Morgan fingerprint density at radius 2 is 1.62 bits per heavy atom. The van der Waals surface area contributed by atoms with Gasteiger partial charge in [0, 0.05) is 5.56 Å². The van der Waals surface area contributed by atoms with Gasteiger partial charge in [0.25, 0.3) is 5.91 Å². The van der Waals surface area contributed by atoms with Gasteiger partial charge in [-0.3, -0.25) is 4.79 Å². The minimum absolute atomic E-state index is 0.0166. The Morgan fingerprint density at radius 3 is 2.24 bits per heavy atom. The summed E-state index contributed by atoms with van der Waals surface area (Å²) in [4.78, 5) is 29.8. The number of benzene rings is 2. The van der Waals surface area contributed by atoms with Gasteiger partial charge in [-0.05, 0) is 25.0 Å². The molecule has 29 heavy (non-hydrogen) atoms. The van der Waals surface area contributed by atoms with E-state index in [0.717, 1.165) is 24.1 Å². The molecule has 1 N–H and O–H groups in total. The minimum atomic E-state index is -1.00. The molecule has 4 rings (SSSR count). The van der Waals surface area contributed by atoms with E-state index in [0.29, 0.717) is 18.7 Å².